The SMILES string of the molecule is COc1ccccc1NC(=O)c1ccc(NC(=O)CNc2ccc3ccccc3c2)cc1. The number of fused-ring (bicyclic) bond motifs is 1. The lowest BCUT2D eigenvalue weighted by molar-refractivity contribution is -0.114. The van der Waals surface area contributed by atoms with Crippen molar-refractivity contribution in [1.29, 1.82) is 0 Å². The van der Waals surface area contributed by atoms with E-state index in [0.717, 1.165) is 16.5 Å². The fourth-order valence-electron chi connectivity index (χ4n) is 3.33. The van der Waals surface area contributed by atoms with E-state index in [1.165, 1.54) is 0 Å². The normalized spacial score (nSPS) is 10.4. The van der Waals surface area contributed by atoms with E-state index in [0.29, 0.717) is 22.7 Å². The van der Waals surface area contributed by atoms with Crippen molar-refractivity contribution in [1.82, 2.24) is 0 Å². The van der Waals surface area contributed by atoms with Crippen LogP contribution in [0.4, 0.5) is 17.1 Å². The van der Waals surface area contributed by atoms with Gasteiger partial charge in [0.25, 0.3) is 5.91 Å². The number of para-hydroxylation sites is 2. The van der Waals surface area contributed by atoms with Gasteiger partial charge in [-0.1, -0.05) is 42.5 Å². The van der Waals surface area contributed by atoms with E-state index in [2.05, 4.69) is 16.0 Å². The molecule has 0 unspecified atom stereocenters. The van der Waals surface area contributed by atoms with Crippen molar-refractivity contribution in [2.45, 2.75) is 0 Å². The molecule has 2 amide bonds. The molecule has 32 heavy (non-hydrogen) atoms. The summed E-state index contributed by atoms with van der Waals surface area (Å²) in [5.41, 5.74) is 2.56. The third-order valence-corrected chi connectivity index (χ3v) is 4.99. The Labute approximate surface area is 186 Å². The lowest BCUT2D eigenvalue weighted by Gasteiger charge is -2.11. The Bertz CT molecular complexity index is 1250. The van der Waals surface area contributed by atoms with Crippen LogP contribution < -0.4 is 20.7 Å². The van der Waals surface area contributed by atoms with Crippen LogP contribution in [-0.2, 0) is 4.79 Å². The van der Waals surface area contributed by atoms with Crippen LogP contribution in [0.25, 0.3) is 10.8 Å². The third-order valence-electron chi connectivity index (χ3n) is 4.99. The smallest absolute Gasteiger partial charge is 0.255 e. The van der Waals surface area contributed by atoms with Crippen LogP contribution in [0.2, 0.25) is 0 Å². The molecule has 0 fully saturated rings. The van der Waals surface area contributed by atoms with Gasteiger partial charge < -0.3 is 20.7 Å². The molecule has 0 aromatic heterocycles. The fraction of sp³-hybridized carbons (Fsp3) is 0.0769. The number of carbonyl (C=O) groups excluding carboxylic acids is 2. The van der Waals surface area contributed by atoms with Gasteiger partial charge in [0.05, 0.1) is 19.3 Å². The van der Waals surface area contributed by atoms with Crippen molar-refractivity contribution < 1.29 is 14.3 Å². The quantitative estimate of drug-likeness (QED) is 0.383. The van der Waals surface area contributed by atoms with Gasteiger partial charge in [-0.3, -0.25) is 9.59 Å². The van der Waals surface area contributed by atoms with Crippen LogP contribution in [0.15, 0.2) is 91.0 Å². The maximum Gasteiger partial charge on any atom is 0.255 e. The second-order valence-corrected chi connectivity index (χ2v) is 7.20. The highest BCUT2D eigenvalue weighted by molar-refractivity contribution is 6.05. The number of amides is 2. The first-order valence-corrected chi connectivity index (χ1v) is 10.2. The summed E-state index contributed by atoms with van der Waals surface area (Å²) in [4.78, 5) is 24.8. The second kappa shape index (κ2) is 9.66. The van der Waals surface area contributed by atoms with Crippen LogP contribution in [0, 0.1) is 0 Å². The summed E-state index contributed by atoms with van der Waals surface area (Å²) in [6.45, 7) is 0.133. The van der Waals surface area contributed by atoms with Crippen LogP contribution in [0.3, 0.4) is 0 Å². The number of hydrogen-bond acceptors (Lipinski definition) is 4. The maximum absolute atomic E-state index is 12.5. The summed E-state index contributed by atoms with van der Waals surface area (Å²) < 4.78 is 5.25. The number of hydrogen-bond donors (Lipinski definition) is 3. The minimum Gasteiger partial charge on any atom is -0.495 e. The van der Waals surface area contributed by atoms with Crippen molar-refractivity contribution in [2.75, 3.05) is 29.6 Å². The Kier molecular flexibility index (Phi) is 6.32. The molecule has 6 nitrogen and oxygen atoms in total. The minimum absolute atomic E-state index is 0.133. The molecule has 0 bridgehead atoms. The first-order chi connectivity index (χ1) is 15.6. The predicted octanol–water partition coefficient (Wildman–Crippen LogP) is 5.15. The third kappa shape index (κ3) is 5.05. The van der Waals surface area contributed by atoms with Crippen molar-refractivity contribution >= 4 is 39.6 Å². The Hall–Kier alpha value is -4.32. The van der Waals surface area contributed by atoms with E-state index in [1.807, 2.05) is 54.6 Å². The van der Waals surface area contributed by atoms with Gasteiger partial charge in [-0.25, -0.2) is 0 Å². The zero-order valence-corrected chi connectivity index (χ0v) is 17.6. The van der Waals surface area contributed by atoms with Crippen LogP contribution >= 0.6 is 0 Å². The molecular weight excluding hydrogens is 402 g/mol. The van der Waals surface area contributed by atoms with Gasteiger partial charge >= 0.3 is 0 Å². The standard InChI is InChI=1S/C26H23N3O3/c1-32-24-9-5-4-8-23(24)29-26(31)19-11-13-21(14-12-19)28-25(30)17-27-22-15-10-18-6-2-3-7-20(18)16-22/h2-16,27H,17H2,1H3,(H,28,30)(H,29,31). The second-order valence-electron chi connectivity index (χ2n) is 7.20. The van der Waals surface area contributed by atoms with Crippen molar-refractivity contribution in [3.05, 3.63) is 96.6 Å². The summed E-state index contributed by atoms with van der Waals surface area (Å²) in [6, 6.07) is 28.0. The molecule has 0 saturated heterocycles. The first-order valence-electron chi connectivity index (χ1n) is 10.2. The van der Waals surface area contributed by atoms with E-state index in [-0.39, 0.29) is 18.4 Å². The first kappa shape index (κ1) is 20.9. The van der Waals surface area contributed by atoms with Crippen molar-refractivity contribution in [3.8, 4) is 5.75 Å². The molecule has 0 aliphatic heterocycles. The number of benzene rings is 4. The zero-order chi connectivity index (χ0) is 22.3. The zero-order valence-electron chi connectivity index (χ0n) is 17.6. The summed E-state index contributed by atoms with van der Waals surface area (Å²) in [5, 5.41) is 11.1. The number of methoxy groups -OCH3 is 1. The van der Waals surface area contributed by atoms with Gasteiger partial charge in [-0.05, 0) is 59.3 Å². The van der Waals surface area contributed by atoms with Crippen molar-refractivity contribution in [2.24, 2.45) is 0 Å². The van der Waals surface area contributed by atoms with E-state index < -0.39 is 0 Å². The topological polar surface area (TPSA) is 79.5 Å². The predicted molar refractivity (Wildman–Crippen MR) is 128 cm³/mol. The van der Waals surface area contributed by atoms with Gasteiger partial charge in [0.2, 0.25) is 5.91 Å². The Morgan fingerprint density at radius 2 is 1.44 bits per heavy atom. The van der Waals surface area contributed by atoms with Gasteiger partial charge in [-0.2, -0.15) is 0 Å². The van der Waals surface area contributed by atoms with E-state index in [9.17, 15) is 9.59 Å². The molecule has 0 aliphatic rings. The largest absolute Gasteiger partial charge is 0.495 e. The molecule has 0 spiro atoms. The van der Waals surface area contributed by atoms with Crippen LogP contribution in [0.1, 0.15) is 10.4 Å². The van der Waals surface area contributed by atoms with Crippen molar-refractivity contribution in [3.63, 3.8) is 0 Å². The molecular formula is C26H23N3O3. The molecule has 0 aliphatic carbocycles. The fourth-order valence-corrected chi connectivity index (χ4v) is 3.33. The Balaban J connectivity index is 1.32. The lowest BCUT2D eigenvalue weighted by Crippen LogP contribution is -2.21. The van der Waals surface area contributed by atoms with E-state index in [1.54, 1.807) is 43.5 Å². The molecule has 4 aromatic rings. The highest BCUT2D eigenvalue weighted by Gasteiger charge is 2.10. The lowest BCUT2D eigenvalue weighted by atomic mass is 10.1. The van der Waals surface area contributed by atoms with Crippen LogP contribution in [-0.4, -0.2) is 25.5 Å². The van der Waals surface area contributed by atoms with Gasteiger partial charge in [-0.15, -0.1) is 0 Å². The Morgan fingerprint density at radius 1 is 0.750 bits per heavy atom. The monoisotopic (exact) mass is 425 g/mol. The van der Waals surface area contributed by atoms with E-state index in [4.69, 9.17) is 4.74 Å². The van der Waals surface area contributed by atoms with Crippen LogP contribution in [0.5, 0.6) is 5.75 Å². The average Bonchev–Trinajstić information content (AvgIpc) is 2.83. The molecule has 0 radical (unpaired) electrons. The molecule has 0 atom stereocenters. The molecule has 0 saturated carbocycles. The molecule has 3 N–H and O–H groups in total. The number of rotatable bonds is 7. The van der Waals surface area contributed by atoms with E-state index >= 15 is 0 Å². The molecule has 160 valence electrons. The number of nitrogens with one attached hydrogen (secondary N) is 3. The van der Waals surface area contributed by atoms with Gasteiger partial charge in [0, 0.05) is 16.9 Å². The number of carbonyl (C=O) groups is 2. The average molecular weight is 425 g/mol. The molecule has 6 heteroatoms. The summed E-state index contributed by atoms with van der Waals surface area (Å²) in [5.74, 6) is 0.151. The molecule has 4 aromatic carbocycles. The number of anilines is 3. The minimum atomic E-state index is -0.259. The van der Waals surface area contributed by atoms with Gasteiger partial charge in [0.15, 0.2) is 0 Å². The highest BCUT2D eigenvalue weighted by atomic mass is 16.5. The number of ether oxygens (including phenoxy) is 1. The Morgan fingerprint density at radius 3 is 2.22 bits per heavy atom. The summed E-state index contributed by atoms with van der Waals surface area (Å²) >= 11 is 0. The maximum atomic E-state index is 12.5. The summed E-state index contributed by atoms with van der Waals surface area (Å²) in [6.07, 6.45) is 0. The highest BCUT2D eigenvalue weighted by Crippen LogP contribution is 2.24. The molecule has 0 heterocycles. The molecule has 4 rings (SSSR count). The van der Waals surface area contributed by atoms with Gasteiger partial charge in [0.1, 0.15) is 5.75 Å². The summed E-state index contributed by atoms with van der Waals surface area (Å²) in [7, 11) is 1.55.